The molecule has 58 valence electrons. The van der Waals surface area contributed by atoms with Crippen LogP contribution in [0.2, 0.25) is 0 Å². The fourth-order valence-corrected chi connectivity index (χ4v) is 1.18. The summed E-state index contributed by atoms with van der Waals surface area (Å²) in [6, 6.07) is 0. The van der Waals surface area contributed by atoms with Crippen LogP contribution in [0.3, 0.4) is 0 Å². The lowest BCUT2D eigenvalue weighted by atomic mass is 10.1. The minimum Gasteiger partial charge on any atom is -0.287 e. The first-order valence-electron chi connectivity index (χ1n) is 3.49. The SMILES string of the molecule is C=CCSC(=O)[C@H](C)CC. The van der Waals surface area contributed by atoms with E-state index >= 15 is 0 Å². The van der Waals surface area contributed by atoms with Crippen LogP contribution in [0.4, 0.5) is 0 Å². The molecule has 2 heteroatoms. The van der Waals surface area contributed by atoms with Gasteiger partial charge in [-0.3, -0.25) is 4.79 Å². The van der Waals surface area contributed by atoms with Gasteiger partial charge in [0, 0.05) is 11.7 Å². The smallest absolute Gasteiger partial charge is 0.192 e. The summed E-state index contributed by atoms with van der Waals surface area (Å²) in [6.07, 6.45) is 2.69. The number of rotatable bonds is 4. The fourth-order valence-electron chi connectivity index (χ4n) is 0.450. The molecular formula is C8H14OS. The Kier molecular flexibility index (Phi) is 5.40. The third kappa shape index (κ3) is 3.72. The molecule has 0 saturated carbocycles. The Morgan fingerprint density at radius 3 is 2.80 bits per heavy atom. The van der Waals surface area contributed by atoms with Gasteiger partial charge in [0.1, 0.15) is 0 Å². The van der Waals surface area contributed by atoms with E-state index in [1.807, 2.05) is 13.8 Å². The first-order chi connectivity index (χ1) is 4.72. The molecule has 0 spiro atoms. The van der Waals surface area contributed by atoms with E-state index in [0.29, 0.717) is 0 Å². The van der Waals surface area contributed by atoms with Gasteiger partial charge in [-0.15, -0.1) is 6.58 Å². The maximum atomic E-state index is 11.0. The van der Waals surface area contributed by atoms with Crippen LogP contribution < -0.4 is 0 Å². The molecule has 1 atom stereocenters. The van der Waals surface area contributed by atoms with Crippen LogP contribution in [-0.4, -0.2) is 10.9 Å². The Hall–Kier alpha value is -0.240. The van der Waals surface area contributed by atoms with Crippen molar-refractivity contribution < 1.29 is 4.79 Å². The fraction of sp³-hybridized carbons (Fsp3) is 0.625. The first-order valence-corrected chi connectivity index (χ1v) is 4.48. The summed E-state index contributed by atoms with van der Waals surface area (Å²) in [5, 5.41) is 0.280. The molecule has 1 nitrogen and oxygen atoms in total. The molecule has 0 aliphatic heterocycles. The predicted octanol–water partition coefficient (Wildman–Crippen LogP) is 2.48. The lowest BCUT2D eigenvalue weighted by Gasteiger charge is -2.03. The minimum atomic E-state index is 0.199. The van der Waals surface area contributed by atoms with Crippen molar-refractivity contribution in [1.29, 1.82) is 0 Å². The molecule has 0 radical (unpaired) electrons. The molecule has 0 bridgehead atoms. The number of hydrogen-bond acceptors (Lipinski definition) is 2. The van der Waals surface area contributed by atoms with Gasteiger partial charge in [-0.1, -0.05) is 31.7 Å². The maximum Gasteiger partial charge on any atom is 0.192 e. The van der Waals surface area contributed by atoms with Crippen LogP contribution in [-0.2, 0) is 4.79 Å². The van der Waals surface area contributed by atoms with Gasteiger partial charge in [0.25, 0.3) is 0 Å². The van der Waals surface area contributed by atoms with Crippen molar-refractivity contribution >= 4 is 16.9 Å². The Labute approximate surface area is 66.9 Å². The molecule has 0 aromatic carbocycles. The molecular weight excluding hydrogens is 144 g/mol. The molecule has 0 aromatic heterocycles. The van der Waals surface area contributed by atoms with E-state index in [-0.39, 0.29) is 11.0 Å². The van der Waals surface area contributed by atoms with Crippen LogP contribution >= 0.6 is 11.8 Å². The zero-order chi connectivity index (χ0) is 7.98. The topological polar surface area (TPSA) is 17.1 Å². The van der Waals surface area contributed by atoms with Crippen LogP contribution in [0.25, 0.3) is 0 Å². The molecule has 0 aliphatic rings. The zero-order valence-electron chi connectivity index (χ0n) is 6.59. The molecule has 0 saturated heterocycles. The predicted molar refractivity (Wildman–Crippen MR) is 47.1 cm³/mol. The summed E-state index contributed by atoms with van der Waals surface area (Å²) in [4.78, 5) is 11.0. The summed E-state index contributed by atoms with van der Waals surface area (Å²) >= 11 is 1.35. The minimum absolute atomic E-state index is 0.199. The van der Waals surface area contributed by atoms with E-state index in [4.69, 9.17) is 0 Å². The summed E-state index contributed by atoms with van der Waals surface area (Å²) in [5.41, 5.74) is 0. The van der Waals surface area contributed by atoms with E-state index in [1.54, 1.807) is 6.08 Å². The molecule has 0 amide bonds. The second-order valence-corrected chi connectivity index (χ2v) is 3.25. The van der Waals surface area contributed by atoms with Gasteiger partial charge in [-0.2, -0.15) is 0 Å². The summed E-state index contributed by atoms with van der Waals surface area (Å²) in [5.74, 6) is 0.938. The third-order valence-corrected chi connectivity index (χ3v) is 2.45. The summed E-state index contributed by atoms with van der Waals surface area (Å²) in [7, 11) is 0. The van der Waals surface area contributed by atoms with Gasteiger partial charge in [0.2, 0.25) is 0 Å². The molecule has 0 unspecified atom stereocenters. The van der Waals surface area contributed by atoms with Gasteiger partial charge < -0.3 is 0 Å². The van der Waals surface area contributed by atoms with Crippen molar-refractivity contribution in [3.8, 4) is 0 Å². The van der Waals surface area contributed by atoms with E-state index in [1.165, 1.54) is 11.8 Å². The molecule has 10 heavy (non-hydrogen) atoms. The largest absolute Gasteiger partial charge is 0.287 e. The molecule has 0 N–H and O–H groups in total. The lowest BCUT2D eigenvalue weighted by molar-refractivity contribution is -0.113. The molecule has 0 heterocycles. The number of hydrogen-bond donors (Lipinski definition) is 0. The van der Waals surface area contributed by atoms with Crippen molar-refractivity contribution in [3.05, 3.63) is 12.7 Å². The van der Waals surface area contributed by atoms with E-state index < -0.39 is 0 Å². The monoisotopic (exact) mass is 158 g/mol. The van der Waals surface area contributed by atoms with Crippen molar-refractivity contribution in [2.24, 2.45) is 5.92 Å². The quantitative estimate of drug-likeness (QED) is 0.585. The highest BCUT2D eigenvalue weighted by Crippen LogP contribution is 2.13. The Bertz CT molecular complexity index is 120. The Morgan fingerprint density at radius 1 is 1.80 bits per heavy atom. The van der Waals surface area contributed by atoms with Crippen LogP contribution in [0.1, 0.15) is 20.3 Å². The number of carbonyl (C=O) groups excluding carboxylic acids is 1. The van der Waals surface area contributed by atoms with Crippen molar-refractivity contribution in [2.75, 3.05) is 5.75 Å². The second kappa shape index (κ2) is 5.54. The molecule has 0 fully saturated rings. The van der Waals surface area contributed by atoms with E-state index in [2.05, 4.69) is 6.58 Å². The summed E-state index contributed by atoms with van der Waals surface area (Å²) < 4.78 is 0. The van der Waals surface area contributed by atoms with Crippen LogP contribution in [0.15, 0.2) is 12.7 Å². The zero-order valence-corrected chi connectivity index (χ0v) is 7.41. The van der Waals surface area contributed by atoms with Gasteiger partial charge in [0.05, 0.1) is 0 Å². The van der Waals surface area contributed by atoms with Crippen molar-refractivity contribution in [3.63, 3.8) is 0 Å². The van der Waals surface area contributed by atoms with Crippen molar-refractivity contribution in [2.45, 2.75) is 20.3 Å². The van der Waals surface area contributed by atoms with Crippen LogP contribution in [0.5, 0.6) is 0 Å². The lowest BCUT2D eigenvalue weighted by Crippen LogP contribution is -2.04. The van der Waals surface area contributed by atoms with Crippen LogP contribution in [0, 0.1) is 5.92 Å². The van der Waals surface area contributed by atoms with E-state index in [9.17, 15) is 4.79 Å². The molecule has 0 aromatic rings. The highest BCUT2D eigenvalue weighted by atomic mass is 32.2. The first kappa shape index (κ1) is 9.76. The average Bonchev–Trinajstić information content (AvgIpc) is 1.98. The number of thioether (sulfide) groups is 1. The standard InChI is InChI=1S/C8H14OS/c1-4-6-10-8(9)7(3)5-2/h4,7H,1,5-6H2,2-3H3/t7-/m1/s1. The van der Waals surface area contributed by atoms with Gasteiger partial charge >= 0.3 is 0 Å². The maximum absolute atomic E-state index is 11.0. The molecule has 0 aliphatic carbocycles. The van der Waals surface area contributed by atoms with Gasteiger partial charge in [-0.05, 0) is 6.42 Å². The third-order valence-electron chi connectivity index (χ3n) is 1.36. The second-order valence-electron chi connectivity index (χ2n) is 2.23. The summed E-state index contributed by atoms with van der Waals surface area (Å²) in [6.45, 7) is 7.53. The molecule has 0 rings (SSSR count). The highest BCUT2D eigenvalue weighted by Gasteiger charge is 2.08. The van der Waals surface area contributed by atoms with Crippen molar-refractivity contribution in [1.82, 2.24) is 0 Å². The Balaban J connectivity index is 3.51. The Morgan fingerprint density at radius 2 is 2.40 bits per heavy atom. The van der Waals surface area contributed by atoms with Gasteiger partial charge in [-0.25, -0.2) is 0 Å². The average molecular weight is 158 g/mol. The van der Waals surface area contributed by atoms with Gasteiger partial charge in [0.15, 0.2) is 5.12 Å². The van der Waals surface area contributed by atoms with E-state index in [0.717, 1.165) is 12.2 Å². The normalized spacial score (nSPS) is 12.6. The number of carbonyl (C=O) groups is 1. The highest BCUT2D eigenvalue weighted by molar-refractivity contribution is 8.13.